The molecule has 1 N–H and O–H groups in total. The highest BCUT2D eigenvalue weighted by atomic mass is 127. The standard InChI is InChI=1S/C22H41N5O3.HI/c1-5-23-20(26-10-8-19(17-26)25-11-13-29-14-12-25)24-15-18-7-6-9-27(16-18)21(28)30-22(2,3)4;/h18-19H,5-17H2,1-4H3,(H,23,24);1H. The molecule has 0 radical (unpaired) electrons. The third kappa shape index (κ3) is 8.24. The van der Waals surface area contributed by atoms with Crippen LogP contribution in [0.3, 0.4) is 0 Å². The van der Waals surface area contributed by atoms with Gasteiger partial charge in [0.1, 0.15) is 5.60 Å². The van der Waals surface area contributed by atoms with Crippen molar-refractivity contribution in [2.45, 2.75) is 58.6 Å². The van der Waals surface area contributed by atoms with Crippen molar-refractivity contribution >= 4 is 36.0 Å². The van der Waals surface area contributed by atoms with Crippen LogP contribution in [0.15, 0.2) is 4.99 Å². The molecule has 3 heterocycles. The number of ether oxygens (including phenoxy) is 2. The first-order chi connectivity index (χ1) is 14.4. The number of nitrogens with one attached hydrogen (secondary N) is 1. The van der Waals surface area contributed by atoms with E-state index in [1.807, 2.05) is 25.7 Å². The molecule has 0 aromatic carbocycles. The van der Waals surface area contributed by atoms with Crippen molar-refractivity contribution in [2.75, 3.05) is 65.6 Å². The fraction of sp³-hybridized carbons (Fsp3) is 0.909. The normalized spacial score (nSPS) is 25.9. The topological polar surface area (TPSA) is 69.6 Å². The van der Waals surface area contributed by atoms with E-state index in [-0.39, 0.29) is 30.1 Å². The summed E-state index contributed by atoms with van der Waals surface area (Å²) in [6.07, 6.45) is 3.11. The van der Waals surface area contributed by atoms with Gasteiger partial charge in [0.15, 0.2) is 5.96 Å². The van der Waals surface area contributed by atoms with Crippen LogP contribution in [0.5, 0.6) is 0 Å². The van der Waals surface area contributed by atoms with Gasteiger partial charge in [0.2, 0.25) is 0 Å². The molecule has 0 spiro atoms. The van der Waals surface area contributed by atoms with E-state index >= 15 is 0 Å². The maximum absolute atomic E-state index is 12.4. The Morgan fingerprint density at radius 2 is 1.84 bits per heavy atom. The number of likely N-dealkylation sites (tertiary alicyclic amines) is 2. The quantitative estimate of drug-likeness (QED) is 0.329. The Labute approximate surface area is 205 Å². The minimum absolute atomic E-state index is 0. The molecule has 0 bridgehead atoms. The van der Waals surface area contributed by atoms with E-state index in [4.69, 9.17) is 14.5 Å². The highest BCUT2D eigenvalue weighted by molar-refractivity contribution is 14.0. The summed E-state index contributed by atoms with van der Waals surface area (Å²) in [5, 5.41) is 3.48. The second kappa shape index (κ2) is 12.4. The number of hydrogen-bond acceptors (Lipinski definition) is 5. The van der Waals surface area contributed by atoms with Crippen LogP contribution in [0.2, 0.25) is 0 Å². The molecule has 3 fully saturated rings. The fourth-order valence-corrected chi connectivity index (χ4v) is 4.52. The van der Waals surface area contributed by atoms with Gasteiger partial charge >= 0.3 is 6.09 Å². The number of amides is 1. The molecule has 0 aromatic rings. The summed E-state index contributed by atoms with van der Waals surface area (Å²) in [6, 6.07) is 0.593. The van der Waals surface area contributed by atoms with Gasteiger partial charge in [-0.2, -0.15) is 0 Å². The number of rotatable bonds is 4. The van der Waals surface area contributed by atoms with Gasteiger partial charge in [-0.25, -0.2) is 4.79 Å². The van der Waals surface area contributed by atoms with Gasteiger partial charge in [0, 0.05) is 58.4 Å². The molecule has 9 heteroatoms. The summed E-state index contributed by atoms with van der Waals surface area (Å²) in [6.45, 7) is 16.8. The number of guanidine groups is 1. The molecule has 0 aliphatic carbocycles. The van der Waals surface area contributed by atoms with E-state index in [0.29, 0.717) is 12.0 Å². The molecular weight excluding hydrogens is 509 g/mol. The predicted octanol–water partition coefficient (Wildman–Crippen LogP) is 2.62. The average molecular weight is 552 g/mol. The molecule has 3 rings (SSSR count). The fourth-order valence-electron chi connectivity index (χ4n) is 4.52. The zero-order valence-corrected chi connectivity index (χ0v) is 22.1. The summed E-state index contributed by atoms with van der Waals surface area (Å²) in [7, 11) is 0. The summed E-state index contributed by atoms with van der Waals surface area (Å²) < 4.78 is 11.1. The number of hydrogen-bond donors (Lipinski definition) is 1. The molecule has 2 unspecified atom stereocenters. The van der Waals surface area contributed by atoms with Crippen LogP contribution in [-0.2, 0) is 9.47 Å². The Balaban J connectivity index is 0.00000341. The molecule has 0 aromatic heterocycles. The molecule has 180 valence electrons. The maximum Gasteiger partial charge on any atom is 0.410 e. The highest BCUT2D eigenvalue weighted by Crippen LogP contribution is 2.21. The van der Waals surface area contributed by atoms with Crippen molar-refractivity contribution in [2.24, 2.45) is 10.9 Å². The van der Waals surface area contributed by atoms with E-state index < -0.39 is 5.60 Å². The van der Waals surface area contributed by atoms with Crippen LogP contribution in [0.1, 0.15) is 47.0 Å². The van der Waals surface area contributed by atoms with Crippen LogP contribution in [0.25, 0.3) is 0 Å². The lowest BCUT2D eigenvalue weighted by Gasteiger charge is -2.34. The SMILES string of the molecule is CCNC(=NCC1CCCN(C(=O)OC(C)(C)C)C1)N1CCC(N2CCOCC2)C1.I. The van der Waals surface area contributed by atoms with Crippen LogP contribution >= 0.6 is 24.0 Å². The third-order valence-corrected chi connectivity index (χ3v) is 6.03. The zero-order valence-electron chi connectivity index (χ0n) is 19.8. The van der Waals surface area contributed by atoms with Crippen molar-refractivity contribution < 1.29 is 14.3 Å². The van der Waals surface area contributed by atoms with Crippen molar-refractivity contribution in [3.05, 3.63) is 0 Å². The van der Waals surface area contributed by atoms with E-state index in [1.54, 1.807) is 0 Å². The largest absolute Gasteiger partial charge is 0.444 e. The van der Waals surface area contributed by atoms with Crippen molar-refractivity contribution in [3.8, 4) is 0 Å². The molecular formula is C22H42IN5O3. The summed E-state index contributed by atoms with van der Waals surface area (Å²) >= 11 is 0. The molecule has 3 aliphatic heterocycles. The minimum atomic E-state index is -0.451. The van der Waals surface area contributed by atoms with Gasteiger partial charge in [-0.1, -0.05) is 0 Å². The first-order valence-corrected chi connectivity index (χ1v) is 11.7. The molecule has 0 saturated carbocycles. The smallest absolute Gasteiger partial charge is 0.410 e. The number of morpholine rings is 1. The maximum atomic E-state index is 12.4. The Bertz CT molecular complexity index is 592. The first-order valence-electron chi connectivity index (χ1n) is 11.7. The average Bonchev–Trinajstić information content (AvgIpc) is 3.21. The molecule has 1 amide bonds. The Kier molecular flexibility index (Phi) is 10.6. The van der Waals surface area contributed by atoms with Gasteiger partial charge in [0.25, 0.3) is 0 Å². The monoisotopic (exact) mass is 551 g/mol. The molecule has 31 heavy (non-hydrogen) atoms. The van der Waals surface area contributed by atoms with E-state index in [0.717, 1.165) is 84.4 Å². The Morgan fingerprint density at radius 1 is 1.10 bits per heavy atom. The predicted molar refractivity (Wildman–Crippen MR) is 134 cm³/mol. The second-order valence-corrected chi connectivity index (χ2v) is 9.67. The Hall–Kier alpha value is -0.810. The van der Waals surface area contributed by atoms with E-state index in [2.05, 4.69) is 22.0 Å². The van der Waals surface area contributed by atoms with Gasteiger partial charge in [-0.15, -0.1) is 24.0 Å². The van der Waals surface area contributed by atoms with Crippen LogP contribution in [-0.4, -0.2) is 104 Å². The lowest BCUT2D eigenvalue weighted by molar-refractivity contribution is 0.0170. The zero-order chi connectivity index (χ0) is 21.6. The summed E-state index contributed by atoms with van der Waals surface area (Å²) in [5.74, 6) is 1.40. The number of piperidine rings is 1. The lowest BCUT2D eigenvalue weighted by Crippen LogP contribution is -2.47. The second-order valence-electron chi connectivity index (χ2n) is 9.67. The van der Waals surface area contributed by atoms with Crippen LogP contribution < -0.4 is 5.32 Å². The third-order valence-electron chi connectivity index (χ3n) is 6.03. The molecule has 2 atom stereocenters. The minimum Gasteiger partial charge on any atom is -0.444 e. The van der Waals surface area contributed by atoms with Gasteiger partial charge < -0.3 is 24.6 Å². The molecule has 3 aliphatic rings. The lowest BCUT2D eigenvalue weighted by atomic mass is 9.98. The number of halogens is 1. The van der Waals surface area contributed by atoms with Crippen molar-refractivity contribution in [3.63, 3.8) is 0 Å². The molecule has 8 nitrogen and oxygen atoms in total. The van der Waals surface area contributed by atoms with Gasteiger partial charge in [0.05, 0.1) is 13.2 Å². The van der Waals surface area contributed by atoms with Gasteiger partial charge in [-0.05, 0) is 52.9 Å². The summed E-state index contributed by atoms with van der Waals surface area (Å²) in [5.41, 5.74) is -0.451. The van der Waals surface area contributed by atoms with Crippen molar-refractivity contribution in [1.29, 1.82) is 0 Å². The molecule has 3 saturated heterocycles. The first kappa shape index (κ1) is 26.4. The van der Waals surface area contributed by atoms with Gasteiger partial charge in [-0.3, -0.25) is 9.89 Å². The number of nitrogens with zero attached hydrogens (tertiary/aromatic N) is 4. The van der Waals surface area contributed by atoms with E-state index in [1.165, 1.54) is 6.42 Å². The Morgan fingerprint density at radius 3 is 2.52 bits per heavy atom. The van der Waals surface area contributed by atoms with Crippen LogP contribution in [0.4, 0.5) is 4.79 Å². The number of aliphatic imine (C=N–C) groups is 1. The number of carbonyl (C=O) groups excluding carboxylic acids is 1. The number of carbonyl (C=O) groups is 1. The van der Waals surface area contributed by atoms with Crippen molar-refractivity contribution in [1.82, 2.24) is 20.0 Å². The van der Waals surface area contributed by atoms with Crippen LogP contribution in [0, 0.1) is 5.92 Å². The summed E-state index contributed by atoms with van der Waals surface area (Å²) in [4.78, 5) is 24.2. The van der Waals surface area contributed by atoms with E-state index in [9.17, 15) is 4.79 Å². The highest BCUT2D eigenvalue weighted by Gasteiger charge is 2.31.